The fourth-order valence-corrected chi connectivity index (χ4v) is 11.2. The summed E-state index contributed by atoms with van der Waals surface area (Å²) in [6.07, 6.45) is 0. The first kappa shape index (κ1) is 24.9. The van der Waals surface area contributed by atoms with Crippen LogP contribution in [0, 0.1) is 0 Å². The maximum absolute atomic E-state index is 3.83. The summed E-state index contributed by atoms with van der Waals surface area (Å²) in [5.41, 5.74) is 5.49. The van der Waals surface area contributed by atoms with Crippen molar-refractivity contribution in [2.45, 2.75) is 35.8 Å². The van der Waals surface area contributed by atoms with Crippen LogP contribution in [0.1, 0.15) is 34.3 Å². The van der Waals surface area contributed by atoms with Crippen LogP contribution in [0.5, 0.6) is 0 Å². The van der Waals surface area contributed by atoms with Gasteiger partial charge in [-0.25, -0.2) is 0 Å². The van der Waals surface area contributed by atoms with Gasteiger partial charge in [0.15, 0.2) is 0 Å². The van der Waals surface area contributed by atoms with Crippen LogP contribution < -0.4 is 10.6 Å². The molecular formula is C30H32N2Se2. The van der Waals surface area contributed by atoms with Crippen molar-refractivity contribution in [1.82, 2.24) is 10.6 Å². The van der Waals surface area contributed by atoms with Gasteiger partial charge in [-0.05, 0) is 0 Å². The molecule has 0 aliphatic carbocycles. The molecule has 0 aromatic heterocycles. The molecule has 0 saturated carbocycles. The van der Waals surface area contributed by atoms with E-state index in [0.717, 1.165) is 13.1 Å². The molecule has 0 fully saturated rings. The van der Waals surface area contributed by atoms with Gasteiger partial charge in [-0.15, -0.1) is 0 Å². The molecule has 0 unspecified atom stereocenters. The van der Waals surface area contributed by atoms with Crippen LogP contribution in [0.3, 0.4) is 0 Å². The minimum absolute atomic E-state index is 0.413. The Hall–Kier alpha value is -2.16. The Morgan fingerprint density at radius 3 is 1.12 bits per heavy atom. The number of benzene rings is 4. The van der Waals surface area contributed by atoms with Gasteiger partial charge in [-0.3, -0.25) is 0 Å². The molecule has 0 spiro atoms. The third kappa shape index (κ3) is 8.25. The first-order valence-corrected chi connectivity index (χ1v) is 18.5. The Bertz CT molecular complexity index is 971. The molecule has 34 heavy (non-hydrogen) atoms. The zero-order chi connectivity index (χ0) is 23.3. The van der Waals surface area contributed by atoms with Gasteiger partial charge in [-0.2, -0.15) is 0 Å². The second-order valence-corrected chi connectivity index (χ2v) is 15.8. The summed E-state index contributed by atoms with van der Waals surface area (Å²) in [6, 6.07) is 44.2. The summed E-state index contributed by atoms with van der Waals surface area (Å²) in [5.74, 6) is 0. The maximum atomic E-state index is 3.83. The SMILES string of the molecule is c1ccc(CN[C@@H](C[Se][Se]C[C@H](NCc2ccccc2)c2ccccc2)c2ccccc2)cc1. The fraction of sp³-hybridized carbons (Fsp3) is 0.200. The van der Waals surface area contributed by atoms with E-state index in [1.807, 2.05) is 0 Å². The second-order valence-electron chi connectivity index (χ2n) is 8.23. The number of hydrogen-bond donors (Lipinski definition) is 2. The van der Waals surface area contributed by atoms with Crippen molar-refractivity contribution in [2.75, 3.05) is 0 Å². The molecule has 2 nitrogen and oxygen atoms in total. The molecule has 4 rings (SSSR count). The van der Waals surface area contributed by atoms with E-state index in [-0.39, 0.29) is 0 Å². The van der Waals surface area contributed by atoms with Gasteiger partial charge in [0.2, 0.25) is 0 Å². The van der Waals surface area contributed by atoms with Crippen LogP contribution >= 0.6 is 0 Å². The number of nitrogens with one attached hydrogen (secondary N) is 2. The monoisotopic (exact) mass is 580 g/mol. The van der Waals surface area contributed by atoms with Crippen LogP contribution in [0.15, 0.2) is 121 Å². The standard InChI is InChI=1S/C30H32N2Se2/c1-5-13-25(14-6-1)21-31-29(27-17-9-3-10-18-27)23-33-34-24-30(28-19-11-4-12-20-28)32-22-26-15-7-2-8-16-26/h1-20,29-32H,21-24H2/t29-,30-/m0/s1. The van der Waals surface area contributed by atoms with E-state index in [1.165, 1.54) is 32.9 Å². The molecule has 4 aromatic carbocycles. The third-order valence-electron chi connectivity index (χ3n) is 5.75. The summed E-state index contributed by atoms with van der Waals surface area (Å²) in [6.45, 7) is 1.82. The number of hydrogen-bond acceptors (Lipinski definition) is 2. The molecule has 0 heterocycles. The van der Waals surface area contributed by atoms with Gasteiger partial charge in [0.25, 0.3) is 0 Å². The zero-order valence-electron chi connectivity index (χ0n) is 19.3. The van der Waals surface area contributed by atoms with E-state index in [1.54, 1.807) is 0 Å². The molecule has 4 heteroatoms. The van der Waals surface area contributed by atoms with Crippen LogP contribution in [-0.2, 0) is 13.1 Å². The Labute approximate surface area is 215 Å². The first-order valence-electron chi connectivity index (χ1n) is 11.8. The molecule has 0 saturated heterocycles. The van der Waals surface area contributed by atoms with Crippen molar-refractivity contribution in [2.24, 2.45) is 0 Å². The Morgan fingerprint density at radius 1 is 0.441 bits per heavy atom. The molecule has 0 aliphatic heterocycles. The van der Waals surface area contributed by atoms with Crippen molar-refractivity contribution in [1.29, 1.82) is 0 Å². The van der Waals surface area contributed by atoms with Gasteiger partial charge in [-0.1, -0.05) is 0 Å². The summed E-state index contributed by atoms with van der Waals surface area (Å²) in [4.78, 5) is 0. The Balaban J connectivity index is 1.33. The van der Waals surface area contributed by atoms with E-state index >= 15 is 0 Å². The molecule has 0 bridgehead atoms. The van der Waals surface area contributed by atoms with Crippen LogP contribution in [0.25, 0.3) is 0 Å². The van der Waals surface area contributed by atoms with Crippen LogP contribution in [0.4, 0.5) is 0 Å². The zero-order valence-corrected chi connectivity index (χ0v) is 22.8. The Kier molecular flexibility index (Phi) is 10.5. The molecule has 0 radical (unpaired) electrons. The molecule has 2 atom stereocenters. The summed E-state index contributed by atoms with van der Waals surface area (Å²) in [7, 11) is 0. The van der Waals surface area contributed by atoms with E-state index in [4.69, 9.17) is 0 Å². The fourth-order valence-electron chi connectivity index (χ4n) is 3.82. The Morgan fingerprint density at radius 2 is 0.765 bits per heavy atom. The second kappa shape index (κ2) is 14.3. The van der Waals surface area contributed by atoms with Crippen molar-refractivity contribution < 1.29 is 0 Å². The predicted octanol–water partition coefficient (Wildman–Crippen LogP) is 6.21. The van der Waals surface area contributed by atoms with Crippen LogP contribution in [0.2, 0.25) is 10.6 Å². The summed E-state index contributed by atoms with van der Waals surface area (Å²) < 4.78 is 0. The molecule has 2 N–H and O–H groups in total. The summed E-state index contributed by atoms with van der Waals surface area (Å²) >= 11 is 1.25. The van der Waals surface area contributed by atoms with Crippen molar-refractivity contribution in [3.05, 3.63) is 144 Å². The third-order valence-corrected chi connectivity index (χ3v) is 12.9. The van der Waals surface area contributed by atoms with Gasteiger partial charge in [0.05, 0.1) is 0 Å². The summed E-state index contributed by atoms with van der Waals surface area (Å²) in [5, 5.41) is 10.1. The van der Waals surface area contributed by atoms with Crippen molar-refractivity contribution >= 4 is 26.3 Å². The quantitative estimate of drug-likeness (QED) is 0.146. The molecular weight excluding hydrogens is 546 g/mol. The molecule has 4 aromatic rings. The van der Waals surface area contributed by atoms with E-state index in [0.29, 0.717) is 38.3 Å². The van der Waals surface area contributed by atoms with Crippen LogP contribution in [-0.4, -0.2) is 26.3 Å². The topological polar surface area (TPSA) is 24.1 Å². The first-order chi connectivity index (χ1) is 16.9. The molecule has 0 amide bonds. The average Bonchev–Trinajstić information content (AvgIpc) is 2.92. The van der Waals surface area contributed by atoms with E-state index in [9.17, 15) is 0 Å². The molecule has 174 valence electrons. The van der Waals surface area contributed by atoms with E-state index < -0.39 is 0 Å². The van der Waals surface area contributed by atoms with Gasteiger partial charge in [0, 0.05) is 0 Å². The van der Waals surface area contributed by atoms with Gasteiger partial charge in [0.1, 0.15) is 0 Å². The van der Waals surface area contributed by atoms with Crippen molar-refractivity contribution in [3.8, 4) is 0 Å². The van der Waals surface area contributed by atoms with Gasteiger partial charge < -0.3 is 0 Å². The number of rotatable bonds is 13. The normalized spacial score (nSPS) is 12.8. The molecule has 0 aliphatic rings. The average molecular weight is 579 g/mol. The van der Waals surface area contributed by atoms with Gasteiger partial charge >= 0.3 is 216 Å². The minimum atomic E-state index is 0.413. The predicted molar refractivity (Wildman–Crippen MR) is 146 cm³/mol. The van der Waals surface area contributed by atoms with E-state index in [2.05, 4.69) is 132 Å². The van der Waals surface area contributed by atoms with Crippen molar-refractivity contribution in [3.63, 3.8) is 0 Å².